The van der Waals surface area contributed by atoms with Gasteiger partial charge in [-0.05, 0) is 38.5 Å². The summed E-state index contributed by atoms with van der Waals surface area (Å²) in [5.41, 5.74) is 2.34. The first-order valence-electron chi connectivity index (χ1n) is 8.14. The van der Waals surface area contributed by atoms with Crippen LogP contribution < -0.4 is 10.1 Å². The molecule has 128 valence electrons. The summed E-state index contributed by atoms with van der Waals surface area (Å²) in [4.78, 5) is 12.3. The van der Waals surface area contributed by atoms with Crippen molar-refractivity contribution in [1.82, 2.24) is 10.5 Å². The van der Waals surface area contributed by atoms with E-state index in [1.165, 1.54) is 0 Å². The van der Waals surface area contributed by atoms with E-state index in [9.17, 15) is 4.79 Å². The summed E-state index contributed by atoms with van der Waals surface area (Å²) in [6.45, 7) is 6.25. The summed E-state index contributed by atoms with van der Waals surface area (Å²) in [6.07, 6.45) is 1.00. The van der Waals surface area contributed by atoms with Gasteiger partial charge in [-0.15, -0.1) is 0 Å². The highest BCUT2D eigenvalue weighted by atomic mass is 16.5. The standard InChI is InChI=1S/C18H22N2O4/c1-12-17(13(2)24-20-12)11-23-16-5-3-4-15(8-16)18(21)19-9-14-6-7-22-10-14/h3-5,8,14H,6-7,9-11H2,1-2H3,(H,19,21)/t14-/m1/s1. The van der Waals surface area contributed by atoms with E-state index in [4.69, 9.17) is 14.0 Å². The van der Waals surface area contributed by atoms with E-state index in [0.717, 1.165) is 36.7 Å². The van der Waals surface area contributed by atoms with E-state index in [1.54, 1.807) is 12.1 Å². The first kappa shape index (κ1) is 16.5. The zero-order chi connectivity index (χ0) is 16.9. The minimum absolute atomic E-state index is 0.0929. The van der Waals surface area contributed by atoms with Crippen molar-refractivity contribution in [2.75, 3.05) is 19.8 Å². The average molecular weight is 330 g/mol. The van der Waals surface area contributed by atoms with Gasteiger partial charge in [0, 0.05) is 24.6 Å². The fourth-order valence-corrected chi connectivity index (χ4v) is 2.67. The van der Waals surface area contributed by atoms with Crippen LogP contribution in [0.25, 0.3) is 0 Å². The van der Waals surface area contributed by atoms with Gasteiger partial charge < -0.3 is 19.3 Å². The number of aromatic nitrogens is 1. The minimum Gasteiger partial charge on any atom is -0.489 e. The Labute approximate surface area is 141 Å². The molecule has 1 aromatic heterocycles. The number of benzene rings is 1. The van der Waals surface area contributed by atoms with Crippen molar-refractivity contribution in [3.05, 3.63) is 46.8 Å². The Morgan fingerprint density at radius 3 is 3.00 bits per heavy atom. The average Bonchev–Trinajstić information content (AvgIpc) is 3.22. The summed E-state index contributed by atoms with van der Waals surface area (Å²) >= 11 is 0. The number of hydrogen-bond donors (Lipinski definition) is 1. The smallest absolute Gasteiger partial charge is 0.251 e. The number of nitrogens with zero attached hydrogens (tertiary/aromatic N) is 1. The molecule has 2 heterocycles. The lowest BCUT2D eigenvalue weighted by molar-refractivity contribution is 0.0944. The molecule has 0 radical (unpaired) electrons. The van der Waals surface area contributed by atoms with Crippen LogP contribution in [-0.2, 0) is 11.3 Å². The molecule has 2 aromatic rings. The van der Waals surface area contributed by atoms with E-state index in [2.05, 4.69) is 10.5 Å². The Kier molecular flexibility index (Phi) is 5.15. The van der Waals surface area contributed by atoms with Crippen molar-refractivity contribution >= 4 is 5.91 Å². The van der Waals surface area contributed by atoms with Gasteiger partial charge in [0.15, 0.2) is 0 Å². The molecule has 6 nitrogen and oxygen atoms in total. The molecular weight excluding hydrogens is 308 g/mol. The fourth-order valence-electron chi connectivity index (χ4n) is 2.67. The van der Waals surface area contributed by atoms with Gasteiger partial charge in [0.1, 0.15) is 18.1 Å². The van der Waals surface area contributed by atoms with Crippen LogP contribution in [-0.4, -0.2) is 30.8 Å². The van der Waals surface area contributed by atoms with Gasteiger partial charge in [0.2, 0.25) is 0 Å². The maximum Gasteiger partial charge on any atom is 0.251 e. The largest absolute Gasteiger partial charge is 0.489 e. The van der Waals surface area contributed by atoms with Gasteiger partial charge in [0.25, 0.3) is 5.91 Å². The first-order valence-corrected chi connectivity index (χ1v) is 8.14. The SMILES string of the molecule is Cc1noc(C)c1COc1cccc(C(=O)NC[C@H]2CCOC2)c1. The number of carbonyl (C=O) groups is 1. The Hall–Kier alpha value is -2.34. The zero-order valence-corrected chi connectivity index (χ0v) is 14.0. The predicted molar refractivity (Wildman–Crippen MR) is 88.0 cm³/mol. The predicted octanol–water partition coefficient (Wildman–Crippen LogP) is 2.64. The maximum absolute atomic E-state index is 12.3. The molecule has 0 unspecified atom stereocenters. The quantitative estimate of drug-likeness (QED) is 0.881. The molecule has 24 heavy (non-hydrogen) atoms. The van der Waals surface area contributed by atoms with E-state index in [-0.39, 0.29) is 5.91 Å². The number of rotatable bonds is 6. The summed E-state index contributed by atoms with van der Waals surface area (Å²) in [6, 6.07) is 7.18. The zero-order valence-electron chi connectivity index (χ0n) is 14.0. The van der Waals surface area contributed by atoms with Crippen molar-refractivity contribution in [1.29, 1.82) is 0 Å². The van der Waals surface area contributed by atoms with Crippen LogP contribution in [0.15, 0.2) is 28.8 Å². The molecule has 1 N–H and O–H groups in total. The normalized spacial score (nSPS) is 17.0. The fraction of sp³-hybridized carbons (Fsp3) is 0.444. The molecule has 0 saturated carbocycles. The van der Waals surface area contributed by atoms with Crippen LogP contribution in [0.2, 0.25) is 0 Å². The van der Waals surface area contributed by atoms with Crippen molar-refractivity contribution < 1.29 is 18.8 Å². The monoisotopic (exact) mass is 330 g/mol. The maximum atomic E-state index is 12.3. The van der Waals surface area contributed by atoms with Gasteiger partial charge in [0.05, 0.1) is 17.9 Å². The molecule has 1 amide bonds. The van der Waals surface area contributed by atoms with E-state index in [0.29, 0.717) is 30.4 Å². The Morgan fingerprint density at radius 2 is 2.29 bits per heavy atom. The summed E-state index contributed by atoms with van der Waals surface area (Å²) in [5.74, 6) is 1.71. The number of amides is 1. The van der Waals surface area contributed by atoms with Gasteiger partial charge in [-0.25, -0.2) is 0 Å². The second kappa shape index (κ2) is 7.49. The summed E-state index contributed by atoms with van der Waals surface area (Å²) < 4.78 is 16.2. The molecule has 1 fully saturated rings. The Balaban J connectivity index is 1.58. The number of carbonyl (C=O) groups excluding carboxylic acids is 1. The molecular formula is C18H22N2O4. The van der Waals surface area contributed by atoms with Gasteiger partial charge in [-0.1, -0.05) is 11.2 Å². The first-order chi connectivity index (χ1) is 11.6. The van der Waals surface area contributed by atoms with Crippen LogP contribution in [0.5, 0.6) is 5.75 Å². The van der Waals surface area contributed by atoms with Crippen LogP contribution >= 0.6 is 0 Å². The third-order valence-corrected chi connectivity index (χ3v) is 4.24. The Morgan fingerprint density at radius 1 is 1.42 bits per heavy atom. The molecule has 1 aromatic carbocycles. The number of hydrogen-bond acceptors (Lipinski definition) is 5. The molecule has 1 aliphatic heterocycles. The van der Waals surface area contributed by atoms with Crippen molar-refractivity contribution in [3.63, 3.8) is 0 Å². The van der Waals surface area contributed by atoms with Crippen LogP contribution in [0, 0.1) is 19.8 Å². The van der Waals surface area contributed by atoms with Crippen LogP contribution in [0.4, 0.5) is 0 Å². The van der Waals surface area contributed by atoms with Crippen molar-refractivity contribution in [3.8, 4) is 5.75 Å². The van der Waals surface area contributed by atoms with Crippen molar-refractivity contribution in [2.45, 2.75) is 26.9 Å². The second-order valence-corrected chi connectivity index (χ2v) is 6.06. The third-order valence-electron chi connectivity index (χ3n) is 4.24. The summed E-state index contributed by atoms with van der Waals surface area (Å²) in [5, 5.41) is 6.86. The topological polar surface area (TPSA) is 73.6 Å². The lowest BCUT2D eigenvalue weighted by atomic mass is 10.1. The number of nitrogens with one attached hydrogen (secondary N) is 1. The van der Waals surface area contributed by atoms with E-state index < -0.39 is 0 Å². The molecule has 0 aliphatic carbocycles. The molecule has 0 spiro atoms. The highest BCUT2D eigenvalue weighted by molar-refractivity contribution is 5.94. The van der Waals surface area contributed by atoms with Crippen LogP contribution in [0.3, 0.4) is 0 Å². The van der Waals surface area contributed by atoms with Crippen molar-refractivity contribution in [2.24, 2.45) is 5.92 Å². The number of ether oxygens (including phenoxy) is 2. The third kappa shape index (κ3) is 3.94. The minimum atomic E-state index is -0.0929. The Bertz CT molecular complexity index is 685. The lowest BCUT2D eigenvalue weighted by Crippen LogP contribution is -2.29. The second-order valence-electron chi connectivity index (χ2n) is 6.06. The molecule has 0 bridgehead atoms. The van der Waals surface area contributed by atoms with E-state index in [1.807, 2.05) is 26.0 Å². The van der Waals surface area contributed by atoms with Crippen LogP contribution in [0.1, 0.15) is 33.8 Å². The van der Waals surface area contributed by atoms with Gasteiger partial charge >= 0.3 is 0 Å². The number of aryl methyl sites for hydroxylation is 2. The molecule has 6 heteroatoms. The molecule has 1 saturated heterocycles. The van der Waals surface area contributed by atoms with E-state index >= 15 is 0 Å². The lowest BCUT2D eigenvalue weighted by Gasteiger charge is -2.11. The molecule has 1 atom stereocenters. The molecule has 3 rings (SSSR count). The van der Waals surface area contributed by atoms with Gasteiger partial charge in [-0.2, -0.15) is 0 Å². The molecule has 1 aliphatic rings. The van der Waals surface area contributed by atoms with Gasteiger partial charge in [-0.3, -0.25) is 4.79 Å². The highest BCUT2D eigenvalue weighted by Gasteiger charge is 2.17. The highest BCUT2D eigenvalue weighted by Crippen LogP contribution is 2.19. The summed E-state index contributed by atoms with van der Waals surface area (Å²) in [7, 11) is 0.